The van der Waals surface area contributed by atoms with Gasteiger partial charge < -0.3 is 15.5 Å². The lowest BCUT2D eigenvalue weighted by Gasteiger charge is -2.35. The van der Waals surface area contributed by atoms with E-state index >= 15 is 0 Å². The molecule has 19 heavy (non-hydrogen) atoms. The SMILES string of the molecule is C[C](C)Cc1ccc(N2CCN(C(N)=O)CC2)cc1. The number of primary amides is 1. The highest BCUT2D eigenvalue weighted by Crippen LogP contribution is 2.19. The lowest BCUT2D eigenvalue weighted by Crippen LogP contribution is -2.50. The molecule has 0 atom stereocenters. The molecule has 1 aromatic carbocycles. The van der Waals surface area contributed by atoms with E-state index in [1.807, 2.05) is 0 Å². The van der Waals surface area contributed by atoms with E-state index in [4.69, 9.17) is 5.73 Å². The van der Waals surface area contributed by atoms with E-state index in [0.717, 1.165) is 19.5 Å². The average molecular weight is 260 g/mol. The van der Waals surface area contributed by atoms with Crippen LogP contribution in [0.3, 0.4) is 0 Å². The molecular weight excluding hydrogens is 238 g/mol. The molecule has 2 N–H and O–H groups in total. The van der Waals surface area contributed by atoms with E-state index in [2.05, 4.69) is 43.0 Å². The monoisotopic (exact) mass is 260 g/mol. The van der Waals surface area contributed by atoms with Crippen LogP contribution >= 0.6 is 0 Å². The third-order valence-electron chi connectivity index (χ3n) is 3.45. The first kappa shape index (κ1) is 13.7. The average Bonchev–Trinajstić information content (AvgIpc) is 2.39. The zero-order valence-corrected chi connectivity index (χ0v) is 11.7. The number of nitrogens with two attached hydrogens (primary N) is 1. The van der Waals surface area contributed by atoms with Crippen molar-refractivity contribution < 1.29 is 4.79 Å². The summed E-state index contributed by atoms with van der Waals surface area (Å²) in [6.07, 6.45) is 1.04. The molecule has 4 heteroatoms. The lowest BCUT2D eigenvalue weighted by molar-refractivity contribution is 0.204. The molecule has 1 fully saturated rings. The zero-order chi connectivity index (χ0) is 13.8. The Morgan fingerprint density at radius 3 is 2.16 bits per heavy atom. The Labute approximate surface area is 115 Å². The molecule has 4 nitrogen and oxygen atoms in total. The van der Waals surface area contributed by atoms with Crippen LogP contribution in [0, 0.1) is 5.92 Å². The number of anilines is 1. The van der Waals surface area contributed by atoms with Gasteiger partial charge in [0.2, 0.25) is 0 Å². The summed E-state index contributed by atoms with van der Waals surface area (Å²) in [5.41, 5.74) is 7.85. The summed E-state index contributed by atoms with van der Waals surface area (Å²) in [5.74, 6) is 1.42. The number of benzene rings is 1. The Morgan fingerprint density at radius 1 is 1.11 bits per heavy atom. The summed E-state index contributed by atoms with van der Waals surface area (Å²) in [7, 11) is 0. The Morgan fingerprint density at radius 2 is 1.68 bits per heavy atom. The van der Waals surface area contributed by atoms with E-state index in [9.17, 15) is 4.79 Å². The standard InChI is InChI=1S/C15H22N3O/c1-12(2)11-13-3-5-14(6-4-13)17-7-9-18(10-8-17)15(16)19/h3-6H,7-11H2,1-2H3,(H2,16,19). The highest BCUT2D eigenvalue weighted by molar-refractivity contribution is 5.72. The third kappa shape index (κ3) is 3.63. The van der Waals surface area contributed by atoms with Gasteiger partial charge >= 0.3 is 6.03 Å². The van der Waals surface area contributed by atoms with Gasteiger partial charge in [-0.15, -0.1) is 0 Å². The third-order valence-corrected chi connectivity index (χ3v) is 3.45. The second-order valence-electron chi connectivity index (χ2n) is 5.36. The van der Waals surface area contributed by atoms with Crippen molar-refractivity contribution in [3.05, 3.63) is 35.7 Å². The van der Waals surface area contributed by atoms with Crippen molar-refractivity contribution in [3.63, 3.8) is 0 Å². The molecule has 2 amide bonds. The van der Waals surface area contributed by atoms with Crippen molar-refractivity contribution in [1.29, 1.82) is 0 Å². The van der Waals surface area contributed by atoms with Gasteiger partial charge in [0, 0.05) is 31.9 Å². The number of piperazine rings is 1. The molecule has 1 saturated heterocycles. The van der Waals surface area contributed by atoms with Crippen LogP contribution in [0.25, 0.3) is 0 Å². The van der Waals surface area contributed by atoms with Gasteiger partial charge in [0.15, 0.2) is 0 Å². The second kappa shape index (κ2) is 5.95. The number of amides is 2. The molecular formula is C15H22N3O. The quantitative estimate of drug-likeness (QED) is 0.904. The van der Waals surface area contributed by atoms with Crippen LogP contribution in [0.5, 0.6) is 0 Å². The summed E-state index contributed by atoms with van der Waals surface area (Å²) in [4.78, 5) is 15.1. The number of carbonyl (C=O) groups is 1. The number of urea groups is 1. The molecule has 1 heterocycles. The highest BCUT2D eigenvalue weighted by atomic mass is 16.2. The van der Waals surface area contributed by atoms with Gasteiger partial charge in [-0.2, -0.15) is 0 Å². The second-order valence-corrected chi connectivity index (χ2v) is 5.36. The number of hydrogen-bond acceptors (Lipinski definition) is 2. The van der Waals surface area contributed by atoms with Gasteiger partial charge in [0.25, 0.3) is 0 Å². The number of rotatable bonds is 3. The van der Waals surface area contributed by atoms with Gasteiger partial charge in [-0.3, -0.25) is 0 Å². The molecule has 2 rings (SSSR count). The van der Waals surface area contributed by atoms with Crippen LogP contribution in [0.15, 0.2) is 24.3 Å². The first-order valence-corrected chi connectivity index (χ1v) is 6.73. The number of hydrogen-bond donors (Lipinski definition) is 1. The van der Waals surface area contributed by atoms with Crippen LogP contribution in [0.2, 0.25) is 0 Å². The van der Waals surface area contributed by atoms with E-state index in [1.165, 1.54) is 17.2 Å². The van der Waals surface area contributed by atoms with Gasteiger partial charge in [0.1, 0.15) is 0 Å². The van der Waals surface area contributed by atoms with E-state index < -0.39 is 0 Å². The van der Waals surface area contributed by atoms with Crippen LogP contribution in [-0.4, -0.2) is 37.1 Å². The van der Waals surface area contributed by atoms with Gasteiger partial charge in [-0.25, -0.2) is 4.79 Å². The van der Waals surface area contributed by atoms with Crippen molar-refractivity contribution >= 4 is 11.7 Å². The summed E-state index contributed by atoms with van der Waals surface area (Å²) >= 11 is 0. The van der Waals surface area contributed by atoms with E-state index in [1.54, 1.807) is 4.90 Å². The summed E-state index contributed by atoms with van der Waals surface area (Å²) in [6.45, 7) is 7.41. The topological polar surface area (TPSA) is 49.6 Å². The van der Waals surface area contributed by atoms with Gasteiger partial charge in [-0.05, 0) is 30.0 Å². The van der Waals surface area contributed by atoms with Gasteiger partial charge in [-0.1, -0.05) is 26.0 Å². The maximum atomic E-state index is 11.1. The molecule has 0 saturated carbocycles. The fourth-order valence-electron chi connectivity index (χ4n) is 2.42. The first-order chi connectivity index (χ1) is 9.06. The molecule has 1 radical (unpaired) electrons. The highest BCUT2D eigenvalue weighted by Gasteiger charge is 2.19. The predicted molar refractivity (Wildman–Crippen MR) is 78.1 cm³/mol. The Hall–Kier alpha value is -1.71. The lowest BCUT2D eigenvalue weighted by atomic mass is 10.0. The molecule has 0 aliphatic carbocycles. The molecule has 0 spiro atoms. The van der Waals surface area contributed by atoms with Crippen molar-refractivity contribution in [2.45, 2.75) is 20.3 Å². The Balaban J connectivity index is 1.94. The van der Waals surface area contributed by atoms with Crippen molar-refractivity contribution in [1.82, 2.24) is 4.90 Å². The molecule has 0 bridgehead atoms. The fourth-order valence-corrected chi connectivity index (χ4v) is 2.42. The van der Waals surface area contributed by atoms with Crippen LogP contribution in [0.4, 0.5) is 10.5 Å². The summed E-state index contributed by atoms with van der Waals surface area (Å²) < 4.78 is 0. The minimum absolute atomic E-state index is 0.316. The largest absolute Gasteiger partial charge is 0.368 e. The normalized spacial score (nSPS) is 15.9. The van der Waals surface area contributed by atoms with Crippen LogP contribution in [0.1, 0.15) is 19.4 Å². The zero-order valence-electron chi connectivity index (χ0n) is 11.7. The summed E-state index contributed by atoms with van der Waals surface area (Å²) in [5, 5.41) is 0. The smallest absolute Gasteiger partial charge is 0.314 e. The van der Waals surface area contributed by atoms with Crippen LogP contribution in [-0.2, 0) is 6.42 Å². The van der Waals surface area contributed by atoms with Crippen LogP contribution < -0.4 is 10.6 Å². The molecule has 0 aromatic heterocycles. The number of nitrogens with zero attached hydrogens (tertiary/aromatic N) is 2. The molecule has 1 aliphatic heterocycles. The van der Waals surface area contributed by atoms with E-state index in [0.29, 0.717) is 13.1 Å². The van der Waals surface area contributed by atoms with Gasteiger partial charge in [0.05, 0.1) is 0 Å². The van der Waals surface area contributed by atoms with Crippen molar-refractivity contribution in [2.24, 2.45) is 5.73 Å². The fraction of sp³-hybridized carbons (Fsp3) is 0.467. The summed E-state index contributed by atoms with van der Waals surface area (Å²) in [6, 6.07) is 8.38. The minimum Gasteiger partial charge on any atom is -0.368 e. The van der Waals surface area contributed by atoms with Crippen molar-refractivity contribution in [3.8, 4) is 0 Å². The molecule has 1 aliphatic rings. The molecule has 0 unspecified atom stereocenters. The maximum Gasteiger partial charge on any atom is 0.314 e. The van der Waals surface area contributed by atoms with E-state index in [-0.39, 0.29) is 6.03 Å². The molecule has 103 valence electrons. The Kier molecular flexibility index (Phi) is 4.30. The van der Waals surface area contributed by atoms with Crippen molar-refractivity contribution in [2.75, 3.05) is 31.1 Å². The first-order valence-electron chi connectivity index (χ1n) is 6.73. The molecule has 1 aromatic rings. The number of carbonyl (C=O) groups excluding carboxylic acids is 1. The minimum atomic E-state index is -0.316. The maximum absolute atomic E-state index is 11.1. The predicted octanol–water partition coefficient (Wildman–Crippen LogP) is 2.04. The Bertz CT molecular complexity index is 420.